The van der Waals surface area contributed by atoms with Gasteiger partial charge >= 0.3 is 0 Å². The lowest BCUT2D eigenvalue weighted by Gasteiger charge is -2.05. The summed E-state index contributed by atoms with van der Waals surface area (Å²) in [5, 5.41) is 10.1. The van der Waals surface area contributed by atoms with Crippen LogP contribution < -0.4 is 0 Å². The highest BCUT2D eigenvalue weighted by Crippen LogP contribution is 2.27. The maximum Gasteiger partial charge on any atom is 0.142 e. The van der Waals surface area contributed by atoms with Crippen LogP contribution in [0.3, 0.4) is 0 Å². The summed E-state index contributed by atoms with van der Waals surface area (Å²) in [4.78, 5) is 0. The van der Waals surface area contributed by atoms with Crippen molar-refractivity contribution < 1.29 is 13.9 Å². The van der Waals surface area contributed by atoms with Gasteiger partial charge in [-0.2, -0.15) is 0 Å². The Kier molecular flexibility index (Phi) is 1.81. The van der Waals surface area contributed by atoms with E-state index in [4.69, 9.17) is 4.42 Å². The number of hydrogen-bond donors (Lipinski definition) is 1. The summed E-state index contributed by atoms with van der Waals surface area (Å²) in [7, 11) is 0. The van der Waals surface area contributed by atoms with Gasteiger partial charge in [-0.05, 0) is 25.1 Å². The molecule has 0 aliphatic rings. The molecule has 2 rings (SSSR count). The van der Waals surface area contributed by atoms with Crippen molar-refractivity contribution in [1.29, 1.82) is 0 Å². The second-order valence-electron chi connectivity index (χ2n) is 2.98. The van der Waals surface area contributed by atoms with Crippen molar-refractivity contribution in [2.45, 2.75) is 13.0 Å². The number of fused-ring (bicyclic) bond motifs is 1. The van der Waals surface area contributed by atoms with Gasteiger partial charge < -0.3 is 9.52 Å². The first-order valence-corrected chi connectivity index (χ1v) is 4.04. The van der Waals surface area contributed by atoms with E-state index in [2.05, 4.69) is 0 Å². The van der Waals surface area contributed by atoms with Crippen LogP contribution in [0.2, 0.25) is 0 Å². The standard InChI is InChI=1S/C10H9FO2/c1-6(12)9-8(11)3-2-7-4-5-13-10(7)9/h2-6,12H,1H3. The van der Waals surface area contributed by atoms with Crippen LogP contribution in [0, 0.1) is 5.82 Å². The summed E-state index contributed by atoms with van der Waals surface area (Å²) in [5.74, 6) is -0.433. The van der Waals surface area contributed by atoms with Crippen LogP contribution in [0.25, 0.3) is 11.0 Å². The predicted molar refractivity (Wildman–Crippen MR) is 46.8 cm³/mol. The zero-order chi connectivity index (χ0) is 9.42. The predicted octanol–water partition coefficient (Wildman–Crippen LogP) is 2.63. The lowest BCUT2D eigenvalue weighted by molar-refractivity contribution is 0.194. The molecule has 1 aromatic carbocycles. The Balaban J connectivity index is 2.80. The molecule has 1 aromatic heterocycles. The first-order chi connectivity index (χ1) is 6.20. The van der Waals surface area contributed by atoms with Crippen molar-refractivity contribution in [3.05, 3.63) is 35.8 Å². The van der Waals surface area contributed by atoms with Crippen molar-refractivity contribution in [3.63, 3.8) is 0 Å². The second-order valence-corrected chi connectivity index (χ2v) is 2.98. The van der Waals surface area contributed by atoms with Gasteiger partial charge in [-0.25, -0.2) is 4.39 Å². The van der Waals surface area contributed by atoms with E-state index in [9.17, 15) is 9.50 Å². The summed E-state index contributed by atoms with van der Waals surface area (Å²) in [6.45, 7) is 1.51. The van der Waals surface area contributed by atoms with Crippen LogP contribution in [0.5, 0.6) is 0 Å². The van der Waals surface area contributed by atoms with E-state index < -0.39 is 11.9 Å². The quantitative estimate of drug-likeness (QED) is 0.731. The van der Waals surface area contributed by atoms with Crippen LogP contribution >= 0.6 is 0 Å². The van der Waals surface area contributed by atoms with Crippen LogP contribution in [0.15, 0.2) is 28.9 Å². The van der Waals surface area contributed by atoms with E-state index in [1.165, 1.54) is 19.3 Å². The molecule has 0 spiro atoms. The third-order valence-electron chi connectivity index (χ3n) is 2.02. The molecule has 2 aromatic rings. The van der Waals surface area contributed by atoms with E-state index in [0.717, 1.165) is 5.39 Å². The Morgan fingerprint density at radius 2 is 2.15 bits per heavy atom. The molecule has 13 heavy (non-hydrogen) atoms. The monoisotopic (exact) mass is 180 g/mol. The summed E-state index contributed by atoms with van der Waals surface area (Å²) < 4.78 is 18.3. The number of aliphatic hydroxyl groups is 1. The van der Waals surface area contributed by atoms with Gasteiger partial charge in [0.25, 0.3) is 0 Å². The molecular weight excluding hydrogens is 171 g/mol. The molecule has 0 radical (unpaired) electrons. The number of halogens is 1. The summed E-state index contributed by atoms with van der Waals surface area (Å²) >= 11 is 0. The van der Waals surface area contributed by atoms with Gasteiger partial charge in [-0.1, -0.05) is 0 Å². The van der Waals surface area contributed by atoms with Crippen molar-refractivity contribution in [1.82, 2.24) is 0 Å². The van der Waals surface area contributed by atoms with E-state index in [1.54, 1.807) is 12.1 Å². The number of aliphatic hydroxyl groups excluding tert-OH is 1. The highest BCUT2D eigenvalue weighted by Gasteiger charge is 2.14. The zero-order valence-electron chi connectivity index (χ0n) is 7.12. The molecule has 0 saturated heterocycles. The van der Waals surface area contributed by atoms with Crippen molar-refractivity contribution in [2.75, 3.05) is 0 Å². The van der Waals surface area contributed by atoms with Crippen molar-refractivity contribution in [3.8, 4) is 0 Å². The third-order valence-corrected chi connectivity index (χ3v) is 2.02. The Morgan fingerprint density at radius 3 is 2.85 bits per heavy atom. The highest BCUT2D eigenvalue weighted by atomic mass is 19.1. The van der Waals surface area contributed by atoms with Crippen LogP contribution in [0.4, 0.5) is 4.39 Å². The van der Waals surface area contributed by atoms with Crippen molar-refractivity contribution in [2.24, 2.45) is 0 Å². The second kappa shape index (κ2) is 2.85. The average Bonchev–Trinajstić information content (AvgIpc) is 2.50. The van der Waals surface area contributed by atoms with E-state index in [0.29, 0.717) is 5.58 Å². The number of furan rings is 1. The summed E-state index contributed by atoms with van der Waals surface area (Å²) in [5.41, 5.74) is 0.650. The molecule has 1 N–H and O–H groups in total. The van der Waals surface area contributed by atoms with Gasteiger partial charge in [0.15, 0.2) is 0 Å². The number of rotatable bonds is 1. The molecule has 3 heteroatoms. The van der Waals surface area contributed by atoms with E-state index in [1.807, 2.05) is 0 Å². The fourth-order valence-electron chi connectivity index (χ4n) is 1.42. The van der Waals surface area contributed by atoms with Crippen LogP contribution in [-0.4, -0.2) is 5.11 Å². The van der Waals surface area contributed by atoms with Crippen molar-refractivity contribution >= 4 is 11.0 Å². The molecular formula is C10H9FO2. The van der Waals surface area contributed by atoms with Crippen LogP contribution in [-0.2, 0) is 0 Å². The largest absolute Gasteiger partial charge is 0.464 e. The SMILES string of the molecule is CC(O)c1c(F)ccc2ccoc12. The van der Waals surface area contributed by atoms with E-state index in [-0.39, 0.29) is 5.56 Å². The van der Waals surface area contributed by atoms with Crippen LogP contribution in [0.1, 0.15) is 18.6 Å². The molecule has 0 aliphatic heterocycles. The summed E-state index contributed by atoms with van der Waals surface area (Å²) in [6, 6.07) is 4.70. The fraction of sp³-hybridized carbons (Fsp3) is 0.200. The molecule has 0 aliphatic carbocycles. The average molecular weight is 180 g/mol. The smallest absolute Gasteiger partial charge is 0.142 e. The maximum atomic E-state index is 13.2. The minimum absolute atomic E-state index is 0.225. The Hall–Kier alpha value is -1.35. The third kappa shape index (κ3) is 1.21. The molecule has 0 saturated carbocycles. The molecule has 1 heterocycles. The summed E-state index contributed by atoms with van der Waals surface area (Å²) in [6.07, 6.45) is 0.630. The minimum atomic E-state index is -0.852. The Bertz CT molecular complexity index is 431. The fourth-order valence-corrected chi connectivity index (χ4v) is 1.42. The van der Waals surface area contributed by atoms with Gasteiger partial charge in [-0.15, -0.1) is 0 Å². The van der Waals surface area contributed by atoms with Gasteiger partial charge in [0.2, 0.25) is 0 Å². The first-order valence-electron chi connectivity index (χ1n) is 4.04. The molecule has 1 atom stereocenters. The van der Waals surface area contributed by atoms with E-state index >= 15 is 0 Å². The molecule has 0 fully saturated rings. The maximum absolute atomic E-state index is 13.2. The zero-order valence-corrected chi connectivity index (χ0v) is 7.12. The lowest BCUT2D eigenvalue weighted by atomic mass is 10.1. The minimum Gasteiger partial charge on any atom is -0.464 e. The van der Waals surface area contributed by atoms with Gasteiger partial charge in [0.1, 0.15) is 11.4 Å². The highest BCUT2D eigenvalue weighted by molar-refractivity contribution is 5.80. The molecule has 0 amide bonds. The number of hydrogen-bond acceptors (Lipinski definition) is 2. The number of benzene rings is 1. The lowest BCUT2D eigenvalue weighted by Crippen LogP contribution is -1.95. The first kappa shape index (κ1) is 8.26. The molecule has 2 nitrogen and oxygen atoms in total. The Morgan fingerprint density at radius 1 is 1.38 bits per heavy atom. The van der Waals surface area contributed by atoms with Gasteiger partial charge in [-0.3, -0.25) is 0 Å². The molecule has 1 unspecified atom stereocenters. The molecule has 68 valence electrons. The Labute approximate surface area is 74.6 Å². The van der Waals surface area contributed by atoms with Gasteiger partial charge in [0.05, 0.1) is 17.9 Å². The van der Waals surface area contributed by atoms with Gasteiger partial charge in [0, 0.05) is 5.39 Å². The normalized spacial score (nSPS) is 13.5. The topological polar surface area (TPSA) is 33.4 Å². The molecule has 0 bridgehead atoms.